The van der Waals surface area contributed by atoms with Crippen LogP contribution in [0, 0.1) is 0 Å². The highest BCUT2D eigenvalue weighted by Gasteiger charge is 2.32. The van der Waals surface area contributed by atoms with E-state index >= 15 is 0 Å². The summed E-state index contributed by atoms with van der Waals surface area (Å²) in [6.45, 7) is 6.87. The van der Waals surface area contributed by atoms with Crippen molar-refractivity contribution in [2.45, 2.75) is 58.3 Å². The van der Waals surface area contributed by atoms with Crippen molar-refractivity contribution in [3.05, 3.63) is 35.4 Å². The first-order valence-corrected chi connectivity index (χ1v) is 11.4. The van der Waals surface area contributed by atoms with E-state index in [1.165, 1.54) is 37.9 Å². The van der Waals surface area contributed by atoms with Gasteiger partial charge in [0.2, 0.25) is 5.95 Å². The molecule has 1 saturated heterocycles. The maximum Gasteiger partial charge on any atom is 0.226 e. The Balaban J connectivity index is 1.48. The van der Waals surface area contributed by atoms with E-state index < -0.39 is 6.17 Å². The number of nitrogens with two attached hydrogens (primary N) is 1. The average Bonchev–Trinajstić information content (AvgIpc) is 3.14. The molecule has 0 radical (unpaired) electrons. The van der Waals surface area contributed by atoms with Crippen LogP contribution < -0.4 is 21.3 Å². The maximum atomic E-state index is 11.7. The number of unbranched alkanes of at least 4 members (excludes halogenated alkanes) is 1. The number of aldehydes is 1. The lowest BCUT2D eigenvalue weighted by molar-refractivity contribution is -0.108. The van der Waals surface area contributed by atoms with Crippen LogP contribution in [0.3, 0.4) is 0 Å². The van der Waals surface area contributed by atoms with E-state index in [1.54, 1.807) is 0 Å². The zero-order chi connectivity index (χ0) is 21.6. The van der Waals surface area contributed by atoms with Crippen molar-refractivity contribution in [3.63, 3.8) is 0 Å². The summed E-state index contributed by atoms with van der Waals surface area (Å²) in [5.41, 5.74) is 9.23. The first-order chi connectivity index (χ1) is 15.2. The molecular formula is C23H33N7O. The van der Waals surface area contributed by atoms with Crippen molar-refractivity contribution in [1.29, 1.82) is 0 Å². The molecule has 0 aliphatic carbocycles. The second-order valence-electron chi connectivity index (χ2n) is 8.42. The first kappa shape index (κ1) is 21.4. The van der Waals surface area contributed by atoms with Gasteiger partial charge in [-0.2, -0.15) is 9.97 Å². The van der Waals surface area contributed by atoms with Gasteiger partial charge in [-0.05, 0) is 43.5 Å². The van der Waals surface area contributed by atoms with E-state index in [-0.39, 0.29) is 0 Å². The zero-order valence-corrected chi connectivity index (χ0v) is 18.3. The van der Waals surface area contributed by atoms with Crippen molar-refractivity contribution in [3.8, 4) is 0 Å². The summed E-state index contributed by atoms with van der Waals surface area (Å²) in [6, 6.07) is 8.67. The predicted octanol–water partition coefficient (Wildman–Crippen LogP) is 3.21. The molecule has 0 saturated carbocycles. The number of aromatic nitrogens is 2. The molecule has 1 aromatic heterocycles. The number of piperidine rings is 1. The van der Waals surface area contributed by atoms with E-state index in [2.05, 4.69) is 56.7 Å². The number of hydrogen-bond acceptors (Lipinski definition) is 8. The second-order valence-corrected chi connectivity index (χ2v) is 8.42. The Hall–Kier alpha value is -2.87. The lowest BCUT2D eigenvalue weighted by Crippen LogP contribution is -2.36. The molecule has 0 spiro atoms. The number of benzene rings is 1. The molecule has 0 amide bonds. The first-order valence-electron chi connectivity index (χ1n) is 11.4. The van der Waals surface area contributed by atoms with Crippen LogP contribution >= 0.6 is 0 Å². The van der Waals surface area contributed by atoms with E-state index in [1.807, 2.05) is 4.90 Å². The molecule has 1 fully saturated rings. The van der Waals surface area contributed by atoms with Crippen LogP contribution in [-0.2, 0) is 17.9 Å². The standard InChI is InChI=1S/C23H33N7O/c1-2-3-11-25-23-27-21(24)20-22(28-23)30(19(16-31)26-20)15-18-9-7-17(8-10-18)14-29-12-5-4-6-13-29/h7-10,16,19,26H,2-6,11-15H2,1H3,(H3,24,25,27,28). The zero-order valence-electron chi connectivity index (χ0n) is 18.3. The van der Waals surface area contributed by atoms with Gasteiger partial charge in [0.25, 0.3) is 0 Å². The van der Waals surface area contributed by atoms with Crippen LogP contribution in [-0.4, -0.2) is 47.0 Å². The Bertz CT molecular complexity index is 880. The molecule has 1 unspecified atom stereocenters. The summed E-state index contributed by atoms with van der Waals surface area (Å²) in [5, 5.41) is 6.39. The number of nitrogen functional groups attached to an aromatic ring is 1. The largest absolute Gasteiger partial charge is 0.382 e. The number of anilines is 4. The van der Waals surface area contributed by atoms with Gasteiger partial charge in [-0.3, -0.25) is 9.69 Å². The lowest BCUT2D eigenvalue weighted by atomic mass is 10.1. The molecule has 166 valence electrons. The quantitative estimate of drug-likeness (QED) is 0.418. The van der Waals surface area contributed by atoms with E-state index in [9.17, 15) is 4.79 Å². The Labute approximate surface area is 184 Å². The van der Waals surface area contributed by atoms with E-state index in [0.29, 0.717) is 29.8 Å². The SMILES string of the molecule is CCCCNc1nc(N)c2c(n1)N(Cc1ccc(CN3CCCCC3)cc1)C(C=O)N2. The van der Waals surface area contributed by atoms with Gasteiger partial charge in [0, 0.05) is 19.6 Å². The fraction of sp³-hybridized carbons (Fsp3) is 0.522. The molecule has 31 heavy (non-hydrogen) atoms. The van der Waals surface area contributed by atoms with Crippen molar-refractivity contribution < 1.29 is 4.79 Å². The van der Waals surface area contributed by atoms with Gasteiger partial charge in [-0.25, -0.2) is 0 Å². The van der Waals surface area contributed by atoms with Crippen LogP contribution in [0.25, 0.3) is 0 Å². The molecule has 1 aromatic carbocycles. The Kier molecular flexibility index (Phi) is 6.86. The van der Waals surface area contributed by atoms with Gasteiger partial charge in [-0.15, -0.1) is 0 Å². The fourth-order valence-corrected chi connectivity index (χ4v) is 4.23. The van der Waals surface area contributed by atoms with Gasteiger partial charge < -0.3 is 21.3 Å². The number of nitrogens with zero attached hydrogens (tertiary/aromatic N) is 4. The fourth-order valence-electron chi connectivity index (χ4n) is 4.23. The molecule has 4 rings (SSSR count). The van der Waals surface area contributed by atoms with Crippen LogP contribution in [0.1, 0.15) is 50.2 Å². The number of carbonyl (C=O) groups excluding carboxylic acids is 1. The summed E-state index contributed by atoms with van der Waals surface area (Å²) < 4.78 is 0. The number of carbonyl (C=O) groups is 1. The van der Waals surface area contributed by atoms with Crippen LogP contribution in [0.5, 0.6) is 0 Å². The predicted molar refractivity (Wildman–Crippen MR) is 125 cm³/mol. The number of nitrogens with one attached hydrogen (secondary N) is 2. The Morgan fingerprint density at radius 3 is 2.52 bits per heavy atom. The number of likely N-dealkylation sites (tertiary alicyclic amines) is 1. The number of hydrogen-bond donors (Lipinski definition) is 3. The molecule has 2 aliphatic rings. The van der Waals surface area contributed by atoms with Crippen LogP contribution in [0.15, 0.2) is 24.3 Å². The summed E-state index contributed by atoms with van der Waals surface area (Å²) >= 11 is 0. The van der Waals surface area contributed by atoms with Crippen LogP contribution in [0.2, 0.25) is 0 Å². The lowest BCUT2D eigenvalue weighted by Gasteiger charge is -2.26. The molecule has 0 bridgehead atoms. The van der Waals surface area contributed by atoms with Gasteiger partial charge in [0.1, 0.15) is 5.69 Å². The third-order valence-electron chi connectivity index (χ3n) is 5.99. The normalized spacial score (nSPS) is 18.5. The summed E-state index contributed by atoms with van der Waals surface area (Å²) in [5.74, 6) is 1.52. The summed E-state index contributed by atoms with van der Waals surface area (Å²) in [7, 11) is 0. The molecule has 4 N–H and O–H groups in total. The molecular weight excluding hydrogens is 390 g/mol. The minimum atomic E-state index is -0.509. The van der Waals surface area contributed by atoms with Crippen molar-refractivity contribution in [2.24, 2.45) is 0 Å². The molecule has 2 aromatic rings. The minimum Gasteiger partial charge on any atom is -0.382 e. The third-order valence-corrected chi connectivity index (χ3v) is 5.99. The monoisotopic (exact) mass is 423 g/mol. The van der Waals surface area contributed by atoms with Crippen molar-refractivity contribution in [1.82, 2.24) is 14.9 Å². The molecule has 2 aliphatic heterocycles. The summed E-state index contributed by atoms with van der Waals surface area (Å²) in [6.07, 6.45) is 6.44. The molecule has 1 atom stereocenters. The highest BCUT2D eigenvalue weighted by molar-refractivity contribution is 5.88. The van der Waals surface area contributed by atoms with Gasteiger partial charge in [0.15, 0.2) is 24.1 Å². The number of fused-ring (bicyclic) bond motifs is 1. The van der Waals surface area contributed by atoms with Gasteiger partial charge in [-0.1, -0.05) is 44.0 Å². The van der Waals surface area contributed by atoms with E-state index in [0.717, 1.165) is 37.8 Å². The second kappa shape index (κ2) is 9.96. The molecule has 8 nitrogen and oxygen atoms in total. The summed E-state index contributed by atoms with van der Waals surface area (Å²) in [4.78, 5) is 25.2. The van der Waals surface area contributed by atoms with E-state index in [4.69, 9.17) is 5.73 Å². The molecule has 8 heteroatoms. The minimum absolute atomic E-state index is 0.357. The highest BCUT2D eigenvalue weighted by atomic mass is 16.1. The van der Waals surface area contributed by atoms with Crippen molar-refractivity contribution >= 4 is 29.6 Å². The third kappa shape index (κ3) is 5.07. The van der Waals surface area contributed by atoms with Crippen molar-refractivity contribution in [2.75, 3.05) is 40.9 Å². The molecule has 3 heterocycles. The maximum absolute atomic E-state index is 11.7. The van der Waals surface area contributed by atoms with Crippen LogP contribution in [0.4, 0.5) is 23.3 Å². The Morgan fingerprint density at radius 1 is 1.13 bits per heavy atom. The van der Waals surface area contributed by atoms with Gasteiger partial charge >= 0.3 is 0 Å². The smallest absolute Gasteiger partial charge is 0.226 e. The average molecular weight is 424 g/mol. The topological polar surface area (TPSA) is 99.4 Å². The Morgan fingerprint density at radius 2 is 1.84 bits per heavy atom. The number of rotatable bonds is 9. The van der Waals surface area contributed by atoms with Gasteiger partial charge in [0.05, 0.1) is 0 Å². The highest BCUT2D eigenvalue weighted by Crippen LogP contribution is 2.37.